The van der Waals surface area contributed by atoms with Gasteiger partial charge in [-0.1, -0.05) is 24.3 Å². The standard InChI is InChI=1S/C12H10O3/c1-7(13)10-6-11(14)12(15)9-5-3-2-4-8(9)10/h2-6,14-15H,1H3. The van der Waals surface area contributed by atoms with E-state index in [4.69, 9.17) is 0 Å². The SMILES string of the molecule is CC(=O)c1cc(O)c(O)c2ccccc12. The Kier molecular flexibility index (Phi) is 2.08. The van der Waals surface area contributed by atoms with Crippen LogP contribution in [-0.4, -0.2) is 16.0 Å². The molecule has 2 rings (SSSR count). The molecule has 0 heterocycles. The van der Waals surface area contributed by atoms with Gasteiger partial charge < -0.3 is 10.2 Å². The first-order valence-electron chi connectivity index (χ1n) is 4.56. The molecule has 2 aromatic rings. The first-order chi connectivity index (χ1) is 7.11. The maximum absolute atomic E-state index is 11.3. The summed E-state index contributed by atoms with van der Waals surface area (Å²) in [6.45, 7) is 1.43. The number of phenols is 2. The molecular weight excluding hydrogens is 192 g/mol. The number of hydrogen-bond donors (Lipinski definition) is 2. The average Bonchev–Trinajstić information content (AvgIpc) is 2.23. The number of carbonyl (C=O) groups excluding carboxylic acids is 1. The van der Waals surface area contributed by atoms with Crippen molar-refractivity contribution in [1.82, 2.24) is 0 Å². The first-order valence-corrected chi connectivity index (χ1v) is 4.56. The van der Waals surface area contributed by atoms with E-state index < -0.39 is 0 Å². The largest absolute Gasteiger partial charge is 0.504 e. The van der Waals surface area contributed by atoms with Gasteiger partial charge in [-0.2, -0.15) is 0 Å². The number of fused-ring (bicyclic) bond motifs is 1. The molecule has 0 saturated carbocycles. The number of benzene rings is 2. The van der Waals surface area contributed by atoms with Gasteiger partial charge in [0.05, 0.1) is 0 Å². The van der Waals surface area contributed by atoms with Gasteiger partial charge in [0.1, 0.15) is 0 Å². The lowest BCUT2D eigenvalue weighted by Gasteiger charge is -2.07. The molecule has 3 heteroatoms. The normalized spacial score (nSPS) is 10.5. The van der Waals surface area contributed by atoms with Crippen LogP contribution in [0.3, 0.4) is 0 Å². The Labute approximate surface area is 86.6 Å². The Hall–Kier alpha value is -2.03. The Morgan fingerprint density at radius 1 is 1.13 bits per heavy atom. The Morgan fingerprint density at radius 3 is 2.33 bits per heavy atom. The van der Waals surface area contributed by atoms with Gasteiger partial charge in [0, 0.05) is 10.9 Å². The molecule has 0 amide bonds. The summed E-state index contributed by atoms with van der Waals surface area (Å²) in [5.74, 6) is -0.587. The molecule has 76 valence electrons. The van der Waals surface area contributed by atoms with Crippen LogP contribution in [0.4, 0.5) is 0 Å². The van der Waals surface area contributed by atoms with E-state index in [1.807, 2.05) is 0 Å². The summed E-state index contributed by atoms with van der Waals surface area (Å²) >= 11 is 0. The highest BCUT2D eigenvalue weighted by atomic mass is 16.3. The summed E-state index contributed by atoms with van der Waals surface area (Å²) in [5, 5.41) is 20.2. The molecule has 2 aromatic carbocycles. The molecule has 0 bridgehead atoms. The zero-order valence-corrected chi connectivity index (χ0v) is 8.19. The summed E-state index contributed by atoms with van der Waals surface area (Å²) in [7, 11) is 0. The van der Waals surface area contributed by atoms with E-state index in [1.165, 1.54) is 13.0 Å². The topological polar surface area (TPSA) is 57.5 Å². The minimum Gasteiger partial charge on any atom is -0.504 e. The van der Waals surface area contributed by atoms with E-state index in [0.29, 0.717) is 16.3 Å². The highest BCUT2D eigenvalue weighted by Gasteiger charge is 2.12. The fourth-order valence-electron chi connectivity index (χ4n) is 1.64. The van der Waals surface area contributed by atoms with Crippen molar-refractivity contribution in [2.24, 2.45) is 0 Å². The lowest BCUT2D eigenvalue weighted by Crippen LogP contribution is -1.93. The highest BCUT2D eigenvalue weighted by Crippen LogP contribution is 2.35. The van der Waals surface area contributed by atoms with Gasteiger partial charge >= 0.3 is 0 Å². The molecular formula is C12H10O3. The fourth-order valence-corrected chi connectivity index (χ4v) is 1.64. The second-order valence-corrected chi connectivity index (χ2v) is 3.39. The quantitative estimate of drug-likeness (QED) is 0.551. The third-order valence-corrected chi connectivity index (χ3v) is 2.38. The van der Waals surface area contributed by atoms with E-state index in [-0.39, 0.29) is 17.3 Å². The Bertz CT molecular complexity index is 544. The third kappa shape index (κ3) is 1.42. The first kappa shape index (κ1) is 9.52. The van der Waals surface area contributed by atoms with Crippen LogP contribution in [0, 0.1) is 0 Å². The lowest BCUT2D eigenvalue weighted by molar-refractivity contribution is 0.101. The molecule has 0 aliphatic carbocycles. The van der Waals surface area contributed by atoms with Crippen molar-refractivity contribution < 1.29 is 15.0 Å². The number of aromatic hydroxyl groups is 2. The predicted octanol–water partition coefficient (Wildman–Crippen LogP) is 2.45. The molecule has 0 unspecified atom stereocenters. The number of ketones is 1. The summed E-state index contributed by atoms with van der Waals surface area (Å²) in [6, 6.07) is 8.22. The third-order valence-electron chi connectivity index (χ3n) is 2.38. The summed E-state index contributed by atoms with van der Waals surface area (Å²) in [5.41, 5.74) is 0.418. The van der Waals surface area contributed by atoms with E-state index in [1.54, 1.807) is 24.3 Å². The molecule has 0 aliphatic heterocycles. The molecule has 0 saturated heterocycles. The average molecular weight is 202 g/mol. The van der Waals surface area contributed by atoms with Crippen LogP contribution in [0.5, 0.6) is 11.5 Å². The van der Waals surface area contributed by atoms with Crippen LogP contribution in [0.1, 0.15) is 17.3 Å². The molecule has 0 atom stereocenters. The summed E-state index contributed by atoms with van der Waals surface area (Å²) in [4.78, 5) is 11.3. The van der Waals surface area contributed by atoms with Crippen LogP contribution in [0.2, 0.25) is 0 Å². The molecule has 3 nitrogen and oxygen atoms in total. The van der Waals surface area contributed by atoms with Crippen molar-refractivity contribution in [3.05, 3.63) is 35.9 Å². The smallest absolute Gasteiger partial charge is 0.165 e. The summed E-state index contributed by atoms with van der Waals surface area (Å²) < 4.78 is 0. The van der Waals surface area contributed by atoms with E-state index >= 15 is 0 Å². The molecule has 0 fully saturated rings. The maximum atomic E-state index is 11.3. The van der Waals surface area contributed by atoms with Crippen molar-refractivity contribution in [2.75, 3.05) is 0 Å². The minimum atomic E-state index is -0.265. The van der Waals surface area contributed by atoms with Crippen molar-refractivity contribution in [2.45, 2.75) is 6.92 Å². The molecule has 2 N–H and O–H groups in total. The Balaban J connectivity index is 2.94. The van der Waals surface area contributed by atoms with Crippen molar-refractivity contribution >= 4 is 16.6 Å². The number of carbonyl (C=O) groups is 1. The number of rotatable bonds is 1. The van der Waals surface area contributed by atoms with Gasteiger partial charge in [-0.3, -0.25) is 4.79 Å². The van der Waals surface area contributed by atoms with Gasteiger partial charge in [-0.25, -0.2) is 0 Å². The van der Waals surface area contributed by atoms with E-state index in [9.17, 15) is 15.0 Å². The van der Waals surface area contributed by atoms with E-state index in [0.717, 1.165) is 0 Å². The second kappa shape index (κ2) is 3.28. The second-order valence-electron chi connectivity index (χ2n) is 3.39. The molecule has 0 spiro atoms. The minimum absolute atomic E-state index is 0.137. The fraction of sp³-hybridized carbons (Fsp3) is 0.0833. The van der Waals surface area contributed by atoms with Crippen LogP contribution < -0.4 is 0 Å². The number of Topliss-reactive ketones (excluding diaryl/α,β-unsaturated/α-hetero) is 1. The van der Waals surface area contributed by atoms with Gasteiger partial charge in [0.15, 0.2) is 17.3 Å². The van der Waals surface area contributed by atoms with Crippen molar-refractivity contribution in [3.63, 3.8) is 0 Å². The van der Waals surface area contributed by atoms with Crippen molar-refractivity contribution in [1.29, 1.82) is 0 Å². The maximum Gasteiger partial charge on any atom is 0.165 e. The lowest BCUT2D eigenvalue weighted by atomic mass is 10.0. The summed E-state index contributed by atoms with van der Waals surface area (Å²) in [6.07, 6.45) is 0. The van der Waals surface area contributed by atoms with Gasteiger partial charge in [0.25, 0.3) is 0 Å². The van der Waals surface area contributed by atoms with Crippen LogP contribution >= 0.6 is 0 Å². The van der Waals surface area contributed by atoms with Crippen LogP contribution in [0.25, 0.3) is 10.8 Å². The predicted molar refractivity (Wildman–Crippen MR) is 57.3 cm³/mol. The monoisotopic (exact) mass is 202 g/mol. The van der Waals surface area contributed by atoms with Gasteiger partial charge in [-0.05, 0) is 18.4 Å². The van der Waals surface area contributed by atoms with Gasteiger partial charge in [0.2, 0.25) is 0 Å². The number of phenolic OH excluding ortho intramolecular Hbond substituents is 2. The molecule has 15 heavy (non-hydrogen) atoms. The van der Waals surface area contributed by atoms with E-state index in [2.05, 4.69) is 0 Å². The molecule has 0 aliphatic rings. The highest BCUT2D eigenvalue weighted by molar-refractivity contribution is 6.09. The van der Waals surface area contributed by atoms with Crippen LogP contribution in [-0.2, 0) is 0 Å². The molecule has 0 radical (unpaired) electrons. The molecule has 0 aromatic heterocycles. The van der Waals surface area contributed by atoms with Crippen LogP contribution in [0.15, 0.2) is 30.3 Å². The Morgan fingerprint density at radius 2 is 1.73 bits per heavy atom. The number of hydrogen-bond acceptors (Lipinski definition) is 3. The van der Waals surface area contributed by atoms with Crippen molar-refractivity contribution in [3.8, 4) is 11.5 Å². The zero-order valence-electron chi connectivity index (χ0n) is 8.19. The van der Waals surface area contributed by atoms with Gasteiger partial charge in [-0.15, -0.1) is 0 Å². The zero-order chi connectivity index (χ0) is 11.0.